The molecule has 0 aliphatic rings. The van der Waals surface area contributed by atoms with Gasteiger partial charge in [-0.3, -0.25) is 0 Å². The Hall–Kier alpha value is -0.930. The van der Waals surface area contributed by atoms with Gasteiger partial charge in [0.1, 0.15) is 5.82 Å². The monoisotopic (exact) mass is 253 g/mol. The second kappa shape index (κ2) is 8.22. The van der Waals surface area contributed by atoms with Crippen LogP contribution in [0.2, 0.25) is 0 Å². The summed E-state index contributed by atoms with van der Waals surface area (Å²) in [6.07, 6.45) is 4.09. The van der Waals surface area contributed by atoms with Gasteiger partial charge in [0.15, 0.2) is 0 Å². The fourth-order valence-corrected chi connectivity index (χ4v) is 1.90. The Morgan fingerprint density at radius 3 is 2.39 bits per heavy atom. The van der Waals surface area contributed by atoms with Crippen LogP contribution in [0.15, 0.2) is 24.3 Å². The van der Waals surface area contributed by atoms with Gasteiger partial charge in [0.2, 0.25) is 0 Å². The largest absolute Gasteiger partial charge is 0.372 e. The third kappa shape index (κ3) is 4.75. The quantitative estimate of drug-likeness (QED) is 0.715. The van der Waals surface area contributed by atoms with Crippen LogP contribution in [-0.4, -0.2) is 12.6 Å². The summed E-state index contributed by atoms with van der Waals surface area (Å²) in [5.41, 5.74) is 7.04. The molecule has 0 bridgehead atoms. The highest BCUT2D eigenvalue weighted by molar-refractivity contribution is 5.20. The lowest BCUT2D eigenvalue weighted by molar-refractivity contribution is 0.0312. The lowest BCUT2D eigenvalue weighted by atomic mass is 10.0. The minimum Gasteiger partial charge on any atom is -0.372 e. The zero-order valence-corrected chi connectivity index (χ0v) is 11.4. The summed E-state index contributed by atoms with van der Waals surface area (Å²) in [5.74, 6) is -0.228. The van der Waals surface area contributed by atoms with Crippen LogP contribution in [0.3, 0.4) is 0 Å². The maximum absolute atomic E-state index is 12.9. The predicted octanol–water partition coefficient (Wildman–Crippen LogP) is 3.81. The normalized spacial score (nSPS) is 14.4. The summed E-state index contributed by atoms with van der Waals surface area (Å²) in [6, 6.07) is 6.39. The molecule has 0 aromatic heterocycles. The number of rotatable bonds is 8. The van der Waals surface area contributed by atoms with E-state index in [1.807, 2.05) is 6.92 Å². The number of halogens is 1. The molecule has 1 aromatic carbocycles. The first-order valence-corrected chi connectivity index (χ1v) is 6.81. The molecule has 0 radical (unpaired) electrons. The molecule has 0 aliphatic heterocycles. The average Bonchev–Trinajstić information content (AvgIpc) is 2.39. The smallest absolute Gasteiger partial charge is 0.123 e. The molecule has 2 atom stereocenters. The number of hydrogen-bond acceptors (Lipinski definition) is 2. The second-order valence-corrected chi connectivity index (χ2v) is 4.62. The van der Waals surface area contributed by atoms with E-state index >= 15 is 0 Å². The van der Waals surface area contributed by atoms with Gasteiger partial charge in [0.25, 0.3) is 0 Å². The highest BCUT2D eigenvalue weighted by Crippen LogP contribution is 2.22. The summed E-state index contributed by atoms with van der Waals surface area (Å²) in [7, 11) is 0. The maximum Gasteiger partial charge on any atom is 0.123 e. The molecule has 0 amide bonds. The van der Waals surface area contributed by atoms with Crippen LogP contribution >= 0.6 is 0 Å². The Kier molecular flexibility index (Phi) is 6.91. The molecule has 1 aromatic rings. The second-order valence-electron chi connectivity index (χ2n) is 4.62. The third-order valence-electron chi connectivity index (χ3n) is 3.10. The van der Waals surface area contributed by atoms with Crippen LogP contribution in [-0.2, 0) is 4.74 Å². The Balaban J connectivity index is 2.63. The summed E-state index contributed by atoms with van der Waals surface area (Å²) in [4.78, 5) is 0. The first kappa shape index (κ1) is 15.1. The van der Waals surface area contributed by atoms with Gasteiger partial charge in [-0.25, -0.2) is 4.39 Å². The number of unbranched alkanes of at least 4 members (excludes halogenated alkanes) is 2. The van der Waals surface area contributed by atoms with Crippen molar-refractivity contribution in [2.45, 2.75) is 51.7 Å². The highest BCUT2D eigenvalue weighted by Gasteiger charge is 2.18. The first-order chi connectivity index (χ1) is 8.69. The lowest BCUT2D eigenvalue weighted by Gasteiger charge is -2.24. The predicted molar refractivity (Wildman–Crippen MR) is 72.9 cm³/mol. The van der Waals surface area contributed by atoms with Crippen molar-refractivity contribution in [3.63, 3.8) is 0 Å². The minimum absolute atomic E-state index is 0.0444. The van der Waals surface area contributed by atoms with Gasteiger partial charge < -0.3 is 10.5 Å². The van der Waals surface area contributed by atoms with Gasteiger partial charge in [-0.05, 0) is 30.5 Å². The number of benzene rings is 1. The molecule has 3 heteroatoms. The maximum atomic E-state index is 12.9. The fourth-order valence-electron chi connectivity index (χ4n) is 1.90. The van der Waals surface area contributed by atoms with E-state index in [9.17, 15) is 4.39 Å². The summed E-state index contributed by atoms with van der Waals surface area (Å²) < 4.78 is 18.8. The van der Waals surface area contributed by atoms with E-state index in [1.54, 1.807) is 12.1 Å². The molecule has 2 N–H and O–H groups in total. The Labute approximate surface area is 109 Å². The fraction of sp³-hybridized carbons (Fsp3) is 0.600. The van der Waals surface area contributed by atoms with Gasteiger partial charge in [-0.15, -0.1) is 0 Å². The summed E-state index contributed by atoms with van der Waals surface area (Å²) >= 11 is 0. The number of hydrogen-bond donors (Lipinski definition) is 1. The average molecular weight is 253 g/mol. The molecular weight excluding hydrogens is 229 g/mol. The Morgan fingerprint density at radius 2 is 1.83 bits per heavy atom. The number of nitrogens with two attached hydrogens (primary N) is 1. The standard InChI is InChI=1S/C15H24FNO/c1-3-5-6-11-18-15(14(17)4-2)12-7-9-13(16)10-8-12/h7-10,14-15H,3-6,11,17H2,1-2H3. The number of ether oxygens (including phenoxy) is 1. The van der Waals surface area contributed by atoms with E-state index < -0.39 is 0 Å². The zero-order chi connectivity index (χ0) is 13.4. The van der Waals surface area contributed by atoms with Crippen molar-refractivity contribution >= 4 is 0 Å². The van der Waals surface area contributed by atoms with Crippen LogP contribution in [0.5, 0.6) is 0 Å². The molecule has 0 saturated heterocycles. The molecule has 2 unspecified atom stereocenters. The third-order valence-corrected chi connectivity index (χ3v) is 3.10. The van der Waals surface area contributed by atoms with Gasteiger partial charge in [-0.1, -0.05) is 38.8 Å². The van der Waals surface area contributed by atoms with Crippen molar-refractivity contribution in [3.8, 4) is 0 Å². The van der Waals surface area contributed by atoms with Crippen LogP contribution in [0.25, 0.3) is 0 Å². The van der Waals surface area contributed by atoms with E-state index in [0.29, 0.717) is 6.61 Å². The molecule has 102 valence electrons. The summed E-state index contributed by atoms with van der Waals surface area (Å²) in [5, 5.41) is 0. The van der Waals surface area contributed by atoms with Crippen LogP contribution in [0, 0.1) is 5.82 Å². The molecular formula is C15H24FNO. The molecule has 0 fully saturated rings. The highest BCUT2D eigenvalue weighted by atomic mass is 19.1. The summed E-state index contributed by atoms with van der Waals surface area (Å²) in [6.45, 7) is 4.91. The van der Waals surface area contributed by atoms with E-state index in [0.717, 1.165) is 24.8 Å². The van der Waals surface area contributed by atoms with Crippen LogP contribution in [0.4, 0.5) is 4.39 Å². The lowest BCUT2D eigenvalue weighted by Crippen LogP contribution is -2.29. The molecule has 0 saturated carbocycles. The molecule has 0 aliphatic carbocycles. The molecule has 0 spiro atoms. The van der Waals surface area contributed by atoms with Crippen LogP contribution in [0.1, 0.15) is 51.2 Å². The van der Waals surface area contributed by atoms with Crippen molar-refractivity contribution in [1.29, 1.82) is 0 Å². The van der Waals surface area contributed by atoms with Crippen molar-refractivity contribution < 1.29 is 9.13 Å². The van der Waals surface area contributed by atoms with Gasteiger partial charge in [0, 0.05) is 12.6 Å². The van der Waals surface area contributed by atoms with Gasteiger partial charge in [-0.2, -0.15) is 0 Å². The van der Waals surface area contributed by atoms with Crippen molar-refractivity contribution in [2.24, 2.45) is 5.73 Å². The minimum atomic E-state index is -0.228. The SMILES string of the molecule is CCCCCOC(c1ccc(F)cc1)C(N)CC. The van der Waals surface area contributed by atoms with E-state index in [4.69, 9.17) is 10.5 Å². The molecule has 0 heterocycles. The topological polar surface area (TPSA) is 35.2 Å². The Bertz CT molecular complexity index is 326. The molecule has 18 heavy (non-hydrogen) atoms. The zero-order valence-electron chi connectivity index (χ0n) is 11.4. The van der Waals surface area contributed by atoms with Crippen molar-refractivity contribution in [3.05, 3.63) is 35.6 Å². The van der Waals surface area contributed by atoms with Crippen LogP contribution < -0.4 is 5.73 Å². The van der Waals surface area contributed by atoms with E-state index in [1.165, 1.54) is 18.6 Å². The molecule has 2 nitrogen and oxygen atoms in total. The van der Waals surface area contributed by atoms with E-state index in [-0.39, 0.29) is 18.0 Å². The van der Waals surface area contributed by atoms with Gasteiger partial charge >= 0.3 is 0 Å². The van der Waals surface area contributed by atoms with E-state index in [2.05, 4.69) is 6.92 Å². The molecule has 1 rings (SSSR count). The first-order valence-electron chi connectivity index (χ1n) is 6.81. The van der Waals surface area contributed by atoms with Crippen molar-refractivity contribution in [1.82, 2.24) is 0 Å². The van der Waals surface area contributed by atoms with Crippen molar-refractivity contribution in [2.75, 3.05) is 6.61 Å². The Morgan fingerprint density at radius 1 is 1.17 bits per heavy atom. The van der Waals surface area contributed by atoms with Gasteiger partial charge in [0.05, 0.1) is 6.10 Å².